The van der Waals surface area contributed by atoms with Gasteiger partial charge in [-0.2, -0.15) is 0 Å². The molecule has 3 heterocycles. The highest BCUT2D eigenvalue weighted by Gasteiger charge is 2.77. The van der Waals surface area contributed by atoms with E-state index >= 15 is 0 Å². The number of hydrogen-bond acceptors (Lipinski definition) is 6. The van der Waals surface area contributed by atoms with Crippen LogP contribution in [0.5, 0.6) is 0 Å². The molecule has 1 unspecified atom stereocenters. The second-order valence-electron chi connectivity index (χ2n) is 9.72. The molecule has 6 atom stereocenters. The molecule has 3 aliphatic rings. The first-order valence-corrected chi connectivity index (χ1v) is 13.6. The highest BCUT2D eigenvalue weighted by Crippen LogP contribution is 2.60. The summed E-state index contributed by atoms with van der Waals surface area (Å²) in [6.45, 7) is 6.91. The van der Waals surface area contributed by atoms with E-state index in [1.165, 1.54) is 0 Å². The zero-order chi connectivity index (χ0) is 25.9. The standard InChI is InChI=1S/C27H35BrN2O6/c1-3-13-29(17-18-11-7-5-8-12-18)25(33)23-27-16-19(28)22(36-27)20(26(34)35-4-2)21(27)24(32)30(23)14-9-6-10-15-31/h3,5,7-8,11-12,19-23,31H,1,4,6,9-10,13-17H2,2H3/t19?,20-,21+,22-,23-,27+/m1/s1. The van der Waals surface area contributed by atoms with Gasteiger partial charge in [0.15, 0.2) is 0 Å². The van der Waals surface area contributed by atoms with Crippen molar-refractivity contribution in [2.24, 2.45) is 11.8 Å². The van der Waals surface area contributed by atoms with Crippen molar-refractivity contribution in [3.05, 3.63) is 48.6 Å². The number of nitrogens with zero attached hydrogens (tertiary/aromatic N) is 2. The van der Waals surface area contributed by atoms with Crippen LogP contribution in [0, 0.1) is 11.8 Å². The van der Waals surface area contributed by atoms with E-state index in [-0.39, 0.29) is 29.9 Å². The first-order valence-electron chi connectivity index (χ1n) is 12.7. The van der Waals surface area contributed by atoms with Crippen LogP contribution in [0.1, 0.15) is 38.2 Å². The maximum absolute atomic E-state index is 14.3. The van der Waals surface area contributed by atoms with Crippen molar-refractivity contribution in [3.63, 3.8) is 0 Å². The van der Waals surface area contributed by atoms with Gasteiger partial charge in [0.25, 0.3) is 0 Å². The molecule has 9 heteroatoms. The van der Waals surface area contributed by atoms with E-state index in [1.807, 2.05) is 30.3 Å². The van der Waals surface area contributed by atoms with Gasteiger partial charge in [0.1, 0.15) is 11.6 Å². The van der Waals surface area contributed by atoms with E-state index < -0.39 is 35.6 Å². The van der Waals surface area contributed by atoms with Crippen molar-refractivity contribution in [1.82, 2.24) is 9.80 Å². The average Bonchev–Trinajstić information content (AvgIpc) is 3.45. The maximum atomic E-state index is 14.3. The number of alkyl halides is 1. The Balaban J connectivity index is 1.70. The molecule has 3 saturated heterocycles. The number of esters is 1. The van der Waals surface area contributed by atoms with Crippen molar-refractivity contribution < 1.29 is 29.0 Å². The number of rotatable bonds is 12. The molecular weight excluding hydrogens is 528 g/mol. The SMILES string of the molecule is C=CCN(Cc1ccccc1)C(=O)[C@H]1N(CCCCCO)C(=O)[C@@H]2[C@@H](C(=O)OCC)[C@@H]3O[C@@]21CC3Br. The fourth-order valence-corrected chi connectivity index (χ4v) is 7.04. The summed E-state index contributed by atoms with van der Waals surface area (Å²) in [5.74, 6) is -2.40. The lowest BCUT2D eigenvalue weighted by atomic mass is 9.70. The second-order valence-corrected chi connectivity index (χ2v) is 10.9. The molecule has 0 saturated carbocycles. The molecule has 3 aliphatic heterocycles. The van der Waals surface area contributed by atoms with Crippen LogP contribution in [0.3, 0.4) is 0 Å². The number of likely N-dealkylation sites (tertiary alicyclic amines) is 1. The second kappa shape index (κ2) is 11.4. The number of carbonyl (C=O) groups is 3. The van der Waals surface area contributed by atoms with Crippen LogP contribution < -0.4 is 0 Å². The van der Waals surface area contributed by atoms with Crippen LogP contribution in [-0.4, -0.2) is 81.6 Å². The van der Waals surface area contributed by atoms with Gasteiger partial charge in [0.2, 0.25) is 11.8 Å². The Morgan fingerprint density at radius 1 is 1.31 bits per heavy atom. The van der Waals surface area contributed by atoms with Crippen LogP contribution >= 0.6 is 15.9 Å². The molecule has 3 fully saturated rings. The number of fused-ring (bicyclic) bond motifs is 1. The van der Waals surface area contributed by atoms with Crippen molar-refractivity contribution in [1.29, 1.82) is 0 Å². The topological polar surface area (TPSA) is 96.4 Å². The largest absolute Gasteiger partial charge is 0.466 e. The van der Waals surface area contributed by atoms with Crippen LogP contribution in [-0.2, 0) is 30.4 Å². The summed E-state index contributed by atoms with van der Waals surface area (Å²) in [6, 6.07) is 8.84. The van der Waals surface area contributed by atoms with E-state index in [0.29, 0.717) is 38.9 Å². The minimum Gasteiger partial charge on any atom is -0.466 e. The van der Waals surface area contributed by atoms with Gasteiger partial charge in [0.05, 0.1) is 24.5 Å². The van der Waals surface area contributed by atoms with Gasteiger partial charge in [-0.15, -0.1) is 6.58 Å². The van der Waals surface area contributed by atoms with Gasteiger partial charge < -0.3 is 24.4 Å². The van der Waals surface area contributed by atoms with Crippen molar-refractivity contribution >= 4 is 33.7 Å². The molecule has 36 heavy (non-hydrogen) atoms. The Hall–Kier alpha value is -2.23. The van der Waals surface area contributed by atoms with Gasteiger partial charge in [-0.3, -0.25) is 14.4 Å². The Labute approximate surface area is 220 Å². The summed E-state index contributed by atoms with van der Waals surface area (Å²) in [5, 5.41) is 9.19. The Bertz CT molecular complexity index is 974. The van der Waals surface area contributed by atoms with Crippen LogP contribution in [0.15, 0.2) is 43.0 Å². The molecule has 0 radical (unpaired) electrons. The van der Waals surface area contributed by atoms with E-state index in [2.05, 4.69) is 22.5 Å². The van der Waals surface area contributed by atoms with Gasteiger partial charge in [-0.1, -0.05) is 52.3 Å². The number of amides is 2. The van der Waals surface area contributed by atoms with Crippen LogP contribution in [0.2, 0.25) is 0 Å². The molecule has 8 nitrogen and oxygen atoms in total. The van der Waals surface area contributed by atoms with E-state index in [0.717, 1.165) is 12.0 Å². The first-order chi connectivity index (χ1) is 17.4. The molecule has 1 N–H and O–H groups in total. The molecule has 1 spiro atoms. The minimum atomic E-state index is -1.10. The molecule has 2 amide bonds. The quantitative estimate of drug-likeness (QED) is 0.182. The highest BCUT2D eigenvalue weighted by atomic mass is 79.9. The van der Waals surface area contributed by atoms with Gasteiger partial charge >= 0.3 is 5.97 Å². The molecular formula is C27H35BrN2O6. The molecule has 1 aromatic carbocycles. The zero-order valence-electron chi connectivity index (χ0n) is 20.7. The lowest BCUT2D eigenvalue weighted by Crippen LogP contribution is -2.56. The zero-order valence-corrected chi connectivity index (χ0v) is 22.3. The van der Waals surface area contributed by atoms with Crippen molar-refractivity contribution in [2.45, 2.75) is 61.7 Å². The van der Waals surface area contributed by atoms with E-state index in [4.69, 9.17) is 9.47 Å². The maximum Gasteiger partial charge on any atom is 0.312 e. The van der Waals surface area contributed by atoms with Gasteiger partial charge in [-0.05, 0) is 38.2 Å². The molecule has 4 rings (SSSR count). The fourth-order valence-electron chi connectivity index (χ4n) is 6.09. The highest BCUT2D eigenvalue weighted by molar-refractivity contribution is 9.09. The number of carbonyl (C=O) groups excluding carboxylic acids is 3. The summed E-state index contributed by atoms with van der Waals surface area (Å²) >= 11 is 3.67. The predicted molar refractivity (Wildman–Crippen MR) is 137 cm³/mol. The molecule has 0 aliphatic carbocycles. The number of aliphatic hydroxyl groups is 1. The van der Waals surface area contributed by atoms with Crippen molar-refractivity contribution in [2.75, 3.05) is 26.3 Å². The van der Waals surface area contributed by atoms with Gasteiger partial charge in [0, 0.05) is 31.1 Å². The number of hydrogen-bond donors (Lipinski definition) is 1. The predicted octanol–water partition coefficient (Wildman–Crippen LogP) is 2.67. The average molecular weight is 563 g/mol. The summed E-state index contributed by atoms with van der Waals surface area (Å²) in [7, 11) is 0. The number of halogens is 1. The lowest BCUT2D eigenvalue weighted by molar-refractivity contribution is -0.154. The van der Waals surface area contributed by atoms with Crippen LogP contribution in [0.25, 0.3) is 0 Å². The Morgan fingerprint density at radius 2 is 2.06 bits per heavy atom. The monoisotopic (exact) mass is 562 g/mol. The summed E-state index contributed by atoms with van der Waals surface area (Å²) < 4.78 is 11.8. The third-order valence-electron chi connectivity index (χ3n) is 7.52. The Morgan fingerprint density at radius 3 is 2.72 bits per heavy atom. The first kappa shape index (κ1) is 26.8. The third kappa shape index (κ3) is 4.73. The molecule has 0 aromatic heterocycles. The number of unbranched alkanes of at least 4 members (excludes halogenated alkanes) is 2. The van der Waals surface area contributed by atoms with Gasteiger partial charge in [-0.25, -0.2) is 0 Å². The minimum absolute atomic E-state index is 0.0774. The van der Waals surface area contributed by atoms with E-state index in [9.17, 15) is 19.5 Å². The molecule has 2 bridgehead atoms. The number of ether oxygens (including phenoxy) is 2. The van der Waals surface area contributed by atoms with E-state index in [1.54, 1.807) is 22.8 Å². The summed E-state index contributed by atoms with van der Waals surface area (Å²) in [5.41, 5.74) is -0.127. The Kier molecular flexibility index (Phi) is 8.52. The smallest absolute Gasteiger partial charge is 0.312 e. The number of aliphatic hydroxyl groups excluding tert-OH is 1. The normalized spacial score (nSPS) is 30.4. The lowest BCUT2D eigenvalue weighted by Gasteiger charge is -2.37. The van der Waals surface area contributed by atoms with Crippen molar-refractivity contribution in [3.8, 4) is 0 Å². The summed E-state index contributed by atoms with van der Waals surface area (Å²) in [6.07, 6.45) is 3.61. The molecule has 1 aromatic rings. The summed E-state index contributed by atoms with van der Waals surface area (Å²) in [4.78, 5) is 44.3. The van der Waals surface area contributed by atoms with Crippen LogP contribution in [0.4, 0.5) is 0 Å². The fraction of sp³-hybridized carbons (Fsp3) is 0.593. The molecule has 196 valence electrons. The third-order valence-corrected chi connectivity index (χ3v) is 8.36. The number of benzene rings is 1.